The summed E-state index contributed by atoms with van der Waals surface area (Å²) < 4.78 is 8.85. The molecule has 0 saturated heterocycles. The first kappa shape index (κ1) is 28.3. The number of para-hydroxylation sites is 5. The molecule has 0 aliphatic rings. The van der Waals surface area contributed by atoms with Crippen molar-refractivity contribution in [1.82, 2.24) is 14.5 Å². The van der Waals surface area contributed by atoms with Crippen molar-refractivity contribution in [2.45, 2.75) is 0 Å². The SMILES string of the molecule is c1ccc(-c2cc(-c3ccccc3-c3cccc4c3oc3ccccc34)nc(-c3ccccc3-n3c4ccccc4c4ccccc43)n2)cc1. The topological polar surface area (TPSA) is 43.9 Å². The molecule has 4 heteroatoms. The maximum atomic E-state index is 6.51. The van der Waals surface area contributed by atoms with Crippen LogP contribution in [-0.4, -0.2) is 14.5 Å². The molecular formula is C46H29N3O. The molecule has 7 aromatic carbocycles. The van der Waals surface area contributed by atoms with Crippen LogP contribution in [0.3, 0.4) is 0 Å². The molecule has 0 N–H and O–H groups in total. The average Bonchev–Trinajstić information content (AvgIpc) is 3.74. The largest absolute Gasteiger partial charge is 0.455 e. The Hall–Kier alpha value is -6.78. The van der Waals surface area contributed by atoms with E-state index < -0.39 is 0 Å². The minimum atomic E-state index is 0.663. The quantitative estimate of drug-likeness (QED) is 0.188. The van der Waals surface area contributed by atoms with Crippen LogP contribution < -0.4 is 0 Å². The highest BCUT2D eigenvalue weighted by Gasteiger charge is 2.20. The van der Waals surface area contributed by atoms with E-state index in [4.69, 9.17) is 14.4 Å². The summed E-state index contributed by atoms with van der Waals surface area (Å²) in [5, 5.41) is 4.64. The summed E-state index contributed by atoms with van der Waals surface area (Å²) in [7, 11) is 0. The predicted octanol–water partition coefficient (Wildman–Crippen LogP) is 12.1. The van der Waals surface area contributed by atoms with Gasteiger partial charge in [0.1, 0.15) is 11.2 Å². The number of rotatable bonds is 5. The Bertz CT molecular complexity index is 2830. The molecule has 0 spiro atoms. The fourth-order valence-electron chi connectivity index (χ4n) is 7.40. The molecule has 10 rings (SSSR count). The van der Waals surface area contributed by atoms with Gasteiger partial charge >= 0.3 is 0 Å². The van der Waals surface area contributed by atoms with Gasteiger partial charge in [-0.05, 0) is 42.0 Å². The summed E-state index contributed by atoms with van der Waals surface area (Å²) in [4.78, 5) is 10.7. The van der Waals surface area contributed by atoms with Crippen LogP contribution in [0.1, 0.15) is 0 Å². The highest BCUT2D eigenvalue weighted by molar-refractivity contribution is 6.11. The Morgan fingerprint density at radius 3 is 1.74 bits per heavy atom. The van der Waals surface area contributed by atoms with Gasteiger partial charge in [0.2, 0.25) is 0 Å². The Morgan fingerprint density at radius 1 is 0.400 bits per heavy atom. The molecule has 0 unspecified atom stereocenters. The molecule has 50 heavy (non-hydrogen) atoms. The molecule has 10 aromatic rings. The first-order chi connectivity index (χ1) is 24.8. The summed E-state index contributed by atoms with van der Waals surface area (Å²) in [5.41, 5.74) is 11.8. The zero-order valence-corrected chi connectivity index (χ0v) is 27.0. The molecule has 234 valence electrons. The number of aromatic nitrogens is 3. The van der Waals surface area contributed by atoms with Crippen LogP contribution in [0, 0.1) is 0 Å². The lowest BCUT2D eigenvalue weighted by molar-refractivity contribution is 0.670. The molecule has 0 amide bonds. The molecule has 3 aromatic heterocycles. The molecule has 4 nitrogen and oxygen atoms in total. The van der Waals surface area contributed by atoms with Crippen LogP contribution in [0.2, 0.25) is 0 Å². The normalized spacial score (nSPS) is 11.6. The number of nitrogens with zero attached hydrogens (tertiary/aromatic N) is 3. The van der Waals surface area contributed by atoms with Crippen LogP contribution in [0.5, 0.6) is 0 Å². The molecule has 0 bridgehead atoms. The minimum Gasteiger partial charge on any atom is -0.455 e. The van der Waals surface area contributed by atoms with E-state index in [1.807, 2.05) is 18.2 Å². The van der Waals surface area contributed by atoms with Gasteiger partial charge in [0.25, 0.3) is 0 Å². The standard InChI is InChI=1S/C46H29N3O/c1-2-15-30(16-3-1)39-29-40(32-18-5-4-17-31(32)36-23-14-24-37-35-21-9-13-28-44(35)50-45(36)37)48-46(47-39)38-22-8-12-27-43(38)49-41-25-10-6-19-33(41)34-20-7-11-26-42(34)49/h1-29H. The van der Waals surface area contributed by atoms with Gasteiger partial charge in [-0.15, -0.1) is 0 Å². The lowest BCUT2D eigenvalue weighted by atomic mass is 9.95. The third-order valence-electron chi connectivity index (χ3n) is 9.66. The summed E-state index contributed by atoms with van der Waals surface area (Å²) in [6.45, 7) is 0. The van der Waals surface area contributed by atoms with E-state index >= 15 is 0 Å². The van der Waals surface area contributed by atoms with Crippen molar-refractivity contribution >= 4 is 43.7 Å². The molecule has 0 fully saturated rings. The Kier molecular flexibility index (Phi) is 6.46. The van der Waals surface area contributed by atoms with Crippen LogP contribution in [0.25, 0.3) is 94.5 Å². The van der Waals surface area contributed by atoms with E-state index in [2.05, 4.69) is 162 Å². The van der Waals surface area contributed by atoms with Gasteiger partial charge in [0.05, 0.1) is 28.1 Å². The van der Waals surface area contributed by atoms with Crippen molar-refractivity contribution in [3.05, 3.63) is 176 Å². The van der Waals surface area contributed by atoms with Crippen molar-refractivity contribution in [3.8, 4) is 50.7 Å². The Balaban J connectivity index is 1.23. The highest BCUT2D eigenvalue weighted by Crippen LogP contribution is 2.41. The van der Waals surface area contributed by atoms with E-state index in [-0.39, 0.29) is 0 Å². The Morgan fingerprint density at radius 2 is 0.960 bits per heavy atom. The van der Waals surface area contributed by atoms with Gasteiger partial charge in [-0.1, -0.05) is 140 Å². The van der Waals surface area contributed by atoms with Gasteiger partial charge < -0.3 is 8.98 Å². The number of hydrogen-bond donors (Lipinski definition) is 0. The number of hydrogen-bond acceptors (Lipinski definition) is 3. The highest BCUT2D eigenvalue weighted by atomic mass is 16.3. The minimum absolute atomic E-state index is 0.663. The summed E-state index contributed by atoms with van der Waals surface area (Å²) in [6.07, 6.45) is 0. The lowest BCUT2D eigenvalue weighted by Crippen LogP contribution is -2.01. The number of fused-ring (bicyclic) bond motifs is 6. The number of furan rings is 1. The smallest absolute Gasteiger partial charge is 0.162 e. The maximum absolute atomic E-state index is 6.51. The van der Waals surface area contributed by atoms with Gasteiger partial charge in [0, 0.05) is 43.8 Å². The second-order valence-corrected chi connectivity index (χ2v) is 12.5. The lowest BCUT2D eigenvalue weighted by Gasteiger charge is -2.16. The van der Waals surface area contributed by atoms with Crippen molar-refractivity contribution in [2.75, 3.05) is 0 Å². The first-order valence-corrected chi connectivity index (χ1v) is 16.8. The van der Waals surface area contributed by atoms with E-state index in [0.717, 1.165) is 77.9 Å². The molecule has 3 heterocycles. The Labute approximate surface area is 288 Å². The van der Waals surface area contributed by atoms with Crippen molar-refractivity contribution in [1.29, 1.82) is 0 Å². The first-order valence-electron chi connectivity index (χ1n) is 16.8. The van der Waals surface area contributed by atoms with E-state index in [1.165, 1.54) is 10.8 Å². The molecule has 0 radical (unpaired) electrons. The fourth-order valence-corrected chi connectivity index (χ4v) is 7.40. The van der Waals surface area contributed by atoms with Gasteiger partial charge in [0.15, 0.2) is 5.82 Å². The van der Waals surface area contributed by atoms with E-state index in [0.29, 0.717) is 5.82 Å². The van der Waals surface area contributed by atoms with Crippen LogP contribution in [0.15, 0.2) is 180 Å². The maximum Gasteiger partial charge on any atom is 0.162 e. The number of benzene rings is 7. The zero-order chi connectivity index (χ0) is 33.0. The third-order valence-corrected chi connectivity index (χ3v) is 9.66. The predicted molar refractivity (Wildman–Crippen MR) is 205 cm³/mol. The second kappa shape index (κ2) is 11.4. The molecule has 0 aliphatic heterocycles. The second-order valence-electron chi connectivity index (χ2n) is 12.5. The van der Waals surface area contributed by atoms with E-state index in [1.54, 1.807) is 0 Å². The fraction of sp³-hybridized carbons (Fsp3) is 0. The van der Waals surface area contributed by atoms with Crippen molar-refractivity contribution in [3.63, 3.8) is 0 Å². The monoisotopic (exact) mass is 639 g/mol. The van der Waals surface area contributed by atoms with Gasteiger partial charge in [-0.25, -0.2) is 9.97 Å². The van der Waals surface area contributed by atoms with Gasteiger partial charge in [-0.3, -0.25) is 0 Å². The van der Waals surface area contributed by atoms with Crippen molar-refractivity contribution < 1.29 is 4.42 Å². The summed E-state index contributed by atoms with van der Waals surface area (Å²) >= 11 is 0. The zero-order valence-electron chi connectivity index (χ0n) is 27.0. The van der Waals surface area contributed by atoms with Gasteiger partial charge in [-0.2, -0.15) is 0 Å². The average molecular weight is 640 g/mol. The van der Waals surface area contributed by atoms with Crippen LogP contribution in [0.4, 0.5) is 0 Å². The molecule has 0 aliphatic carbocycles. The molecule has 0 atom stereocenters. The third kappa shape index (κ3) is 4.46. The molecular weight excluding hydrogens is 611 g/mol. The van der Waals surface area contributed by atoms with E-state index in [9.17, 15) is 0 Å². The summed E-state index contributed by atoms with van der Waals surface area (Å²) in [5.74, 6) is 0.663. The molecule has 0 saturated carbocycles. The van der Waals surface area contributed by atoms with Crippen molar-refractivity contribution in [2.24, 2.45) is 0 Å². The summed E-state index contributed by atoms with van der Waals surface area (Å²) in [6, 6.07) is 61.2. The van der Waals surface area contributed by atoms with Crippen LogP contribution in [-0.2, 0) is 0 Å². The van der Waals surface area contributed by atoms with Crippen LogP contribution >= 0.6 is 0 Å².